The van der Waals surface area contributed by atoms with Crippen LogP contribution in [0, 0.1) is 0 Å². The number of rotatable bonds is 19. The number of hydrogen-bond acceptors (Lipinski definition) is 4. The highest BCUT2D eigenvalue weighted by Crippen LogP contribution is 2.34. The summed E-state index contributed by atoms with van der Waals surface area (Å²) in [6.45, 7) is 4.36. The van der Waals surface area contributed by atoms with Crippen molar-refractivity contribution in [3.63, 3.8) is 0 Å². The Kier molecular flexibility index (Phi) is 17.0. The summed E-state index contributed by atoms with van der Waals surface area (Å²) >= 11 is 0. The lowest BCUT2D eigenvalue weighted by Gasteiger charge is -2.12. The maximum atomic E-state index is 11.2. The van der Waals surface area contributed by atoms with Gasteiger partial charge in [0.2, 0.25) is 0 Å². The van der Waals surface area contributed by atoms with E-state index in [4.69, 9.17) is 19.6 Å². The monoisotopic (exact) mass is 468 g/mol. The van der Waals surface area contributed by atoms with Gasteiger partial charge in [0.1, 0.15) is 0 Å². The normalized spacial score (nSPS) is 13.8. The molecule has 0 amide bonds. The van der Waals surface area contributed by atoms with Crippen LogP contribution in [0.25, 0.3) is 0 Å². The lowest BCUT2D eigenvalue weighted by molar-refractivity contribution is 0.371. The second-order valence-corrected chi connectivity index (χ2v) is 11.3. The molecule has 10 heteroatoms. The van der Waals surface area contributed by atoms with E-state index < -0.39 is 15.2 Å². The van der Waals surface area contributed by atoms with Gasteiger partial charge in [-0.25, -0.2) is 0 Å². The van der Waals surface area contributed by atoms with Crippen LogP contribution in [0.3, 0.4) is 0 Å². The maximum Gasteiger partial charge on any atom is 0.327 e. The Morgan fingerprint density at radius 1 is 0.600 bits per heavy atom. The third-order valence-electron chi connectivity index (χ3n) is 4.76. The van der Waals surface area contributed by atoms with Crippen molar-refractivity contribution < 1.29 is 28.7 Å². The fourth-order valence-corrected chi connectivity index (χ4v) is 3.77. The van der Waals surface area contributed by atoms with Crippen LogP contribution in [0.4, 0.5) is 0 Å². The lowest BCUT2D eigenvalue weighted by atomic mass is 10.0. The van der Waals surface area contributed by atoms with Gasteiger partial charge in [0.05, 0.1) is 36.8 Å². The highest BCUT2D eigenvalue weighted by Gasteiger charge is 2.15. The summed E-state index contributed by atoms with van der Waals surface area (Å²) in [5.41, 5.74) is 1.47. The first-order chi connectivity index (χ1) is 14.1. The summed E-state index contributed by atoms with van der Waals surface area (Å²) in [6.07, 6.45) is 11.6. The molecule has 0 spiro atoms. The molecule has 4 N–H and O–H groups in total. The van der Waals surface area contributed by atoms with Gasteiger partial charge in [-0.3, -0.25) is 19.1 Å². The molecule has 178 valence electrons. The largest absolute Gasteiger partial charge is 0.327 e. The Balaban J connectivity index is 5.21. The van der Waals surface area contributed by atoms with Gasteiger partial charge in [-0.2, -0.15) is 0 Å². The van der Waals surface area contributed by atoms with Crippen LogP contribution in [-0.2, 0) is 9.13 Å². The van der Waals surface area contributed by atoms with Crippen LogP contribution >= 0.6 is 15.2 Å². The molecular formula is C20H42N2O6P2. The zero-order chi connectivity index (χ0) is 22.9. The highest BCUT2D eigenvalue weighted by molar-refractivity contribution is 7.52. The SMILES string of the molecule is CCCCCCCC(=NCCP(=O)(O)O)C(CCCCCCC)=NCCP(=O)(O)O. The summed E-state index contributed by atoms with van der Waals surface area (Å²) in [7, 11) is -8.24. The van der Waals surface area contributed by atoms with E-state index in [1.165, 1.54) is 12.8 Å². The van der Waals surface area contributed by atoms with Gasteiger partial charge < -0.3 is 19.6 Å². The molecule has 0 fully saturated rings. The minimum Gasteiger partial charge on any atom is -0.324 e. The van der Waals surface area contributed by atoms with Crippen molar-refractivity contribution in [1.82, 2.24) is 0 Å². The molecule has 0 rings (SSSR count). The Hall–Kier alpha value is -0.360. The Morgan fingerprint density at radius 2 is 0.933 bits per heavy atom. The Labute approximate surface area is 182 Å². The number of hydrogen-bond donors (Lipinski definition) is 4. The van der Waals surface area contributed by atoms with E-state index in [9.17, 15) is 9.13 Å². The molecule has 0 saturated heterocycles. The van der Waals surface area contributed by atoms with Crippen LogP contribution in [-0.4, -0.2) is 56.4 Å². The molecule has 0 bridgehead atoms. The van der Waals surface area contributed by atoms with Gasteiger partial charge >= 0.3 is 15.2 Å². The smallest absolute Gasteiger partial charge is 0.324 e. The number of unbranched alkanes of at least 4 members (excludes halogenated alkanes) is 8. The van der Waals surface area contributed by atoms with Crippen LogP contribution in [0.1, 0.15) is 90.9 Å². The molecule has 8 nitrogen and oxygen atoms in total. The molecule has 0 atom stereocenters. The lowest BCUT2D eigenvalue weighted by Crippen LogP contribution is -2.17. The predicted molar refractivity (Wildman–Crippen MR) is 125 cm³/mol. The fraction of sp³-hybridized carbons (Fsp3) is 0.900. The Bertz CT molecular complexity index is 546. The minimum atomic E-state index is -4.12. The average Bonchev–Trinajstić information content (AvgIpc) is 2.63. The van der Waals surface area contributed by atoms with E-state index in [0.717, 1.165) is 62.8 Å². The van der Waals surface area contributed by atoms with Crippen molar-refractivity contribution in [3.8, 4) is 0 Å². The molecule has 0 unspecified atom stereocenters. The first-order valence-electron chi connectivity index (χ1n) is 11.2. The predicted octanol–water partition coefficient (Wildman–Crippen LogP) is 4.94. The van der Waals surface area contributed by atoms with E-state index in [1.807, 2.05) is 0 Å². The van der Waals surface area contributed by atoms with Crippen molar-refractivity contribution in [2.75, 3.05) is 25.4 Å². The zero-order valence-electron chi connectivity index (χ0n) is 18.7. The average molecular weight is 469 g/mol. The molecule has 0 heterocycles. The van der Waals surface area contributed by atoms with Crippen molar-refractivity contribution in [3.05, 3.63) is 0 Å². The van der Waals surface area contributed by atoms with Gasteiger partial charge in [0, 0.05) is 0 Å². The van der Waals surface area contributed by atoms with Crippen molar-refractivity contribution in [2.24, 2.45) is 9.98 Å². The summed E-state index contributed by atoms with van der Waals surface area (Å²) in [4.78, 5) is 45.4. The topological polar surface area (TPSA) is 140 Å². The quantitative estimate of drug-likeness (QED) is 0.120. The summed E-state index contributed by atoms with van der Waals surface area (Å²) < 4.78 is 22.4. The summed E-state index contributed by atoms with van der Waals surface area (Å²) in [6, 6.07) is 0. The third-order valence-corrected chi connectivity index (χ3v) is 6.32. The van der Waals surface area contributed by atoms with Crippen molar-refractivity contribution in [1.29, 1.82) is 0 Å². The Morgan fingerprint density at radius 3 is 1.23 bits per heavy atom. The molecule has 30 heavy (non-hydrogen) atoms. The molecule has 0 saturated carbocycles. The fourth-order valence-electron chi connectivity index (χ4n) is 3.05. The minimum absolute atomic E-state index is 0.0297. The standard InChI is InChI=1S/C20H42N2O6P2/c1-3-5-7-9-11-13-19(21-15-17-29(23,24)25)20(14-12-10-8-6-4-2)22-16-18-30(26,27)28/h3-18H2,1-2H3,(H2,23,24,25)(H2,26,27,28). The first-order valence-corrected chi connectivity index (χ1v) is 14.8. The van der Waals surface area contributed by atoms with Crippen LogP contribution in [0.2, 0.25) is 0 Å². The van der Waals surface area contributed by atoms with E-state index in [-0.39, 0.29) is 25.4 Å². The van der Waals surface area contributed by atoms with Crippen molar-refractivity contribution in [2.45, 2.75) is 90.9 Å². The third kappa shape index (κ3) is 19.6. The maximum absolute atomic E-state index is 11.2. The molecule has 0 radical (unpaired) electrons. The molecule has 0 aromatic carbocycles. The molecule has 0 aliphatic carbocycles. The van der Waals surface area contributed by atoms with Crippen LogP contribution in [0.15, 0.2) is 9.98 Å². The first kappa shape index (κ1) is 29.6. The van der Waals surface area contributed by atoms with E-state index >= 15 is 0 Å². The van der Waals surface area contributed by atoms with Gasteiger partial charge in [-0.05, 0) is 25.7 Å². The molecule has 0 aliphatic rings. The zero-order valence-corrected chi connectivity index (χ0v) is 20.5. The van der Waals surface area contributed by atoms with E-state index in [1.54, 1.807) is 0 Å². The molecule has 0 aliphatic heterocycles. The van der Waals surface area contributed by atoms with Gasteiger partial charge in [0.15, 0.2) is 0 Å². The van der Waals surface area contributed by atoms with Gasteiger partial charge in [-0.15, -0.1) is 0 Å². The van der Waals surface area contributed by atoms with Crippen LogP contribution < -0.4 is 0 Å². The number of nitrogens with zero attached hydrogens (tertiary/aromatic N) is 2. The van der Waals surface area contributed by atoms with E-state index in [0.29, 0.717) is 12.8 Å². The molecule has 0 aromatic rings. The second kappa shape index (κ2) is 17.2. The van der Waals surface area contributed by atoms with Crippen molar-refractivity contribution >= 4 is 26.6 Å². The summed E-state index contributed by atoms with van der Waals surface area (Å²) in [5, 5.41) is 0. The van der Waals surface area contributed by atoms with E-state index in [2.05, 4.69) is 23.8 Å². The van der Waals surface area contributed by atoms with Crippen LogP contribution in [0.5, 0.6) is 0 Å². The highest BCUT2D eigenvalue weighted by atomic mass is 31.2. The molecular weight excluding hydrogens is 426 g/mol. The molecule has 0 aromatic heterocycles. The second-order valence-electron chi connectivity index (χ2n) is 7.76. The van der Waals surface area contributed by atoms with Gasteiger partial charge in [-0.1, -0.05) is 65.2 Å². The summed E-state index contributed by atoms with van der Waals surface area (Å²) in [5.74, 6) is 0. The number of aliphatic imine (C=N–C) groups is 2. The van der Waals surface area contributed by atoms with Gasteiger partial charge in [0.25, 0.3) is 0 Å².